The van der Waals surface area contributed by atoms with Gasteiger partial charge in [0.05, 0.1) is 16.3 Å². The Morgan fingerprint density at radius 3 is 2.43 bits per heavy atom. The average Bonchev–Trinajstić information content (AvgIpc) is 2.41. The molecule has 0 spiro atoms. The summed E-state index contributed by atoms with van der Waals surface area (Å²) in [4.78, 5) is 10.8. The number of anilines is 1. The fourth-order valence-corrected chi connectivity index (χ4v) is 3.80. The van der Waals surface area contributed by atoms with Crippen LogP contribution in [0.3, 0.4) is 0 Å². The number of carbonyl (C=O) groups is 1. The molecule has 0 aliphatic heterocycles. The molecule has 0 heterocycles. The zero-order valence-corrected chi connectivity index (χ0v) is 13.5. The Bertz CT molecular complexity index is 808. The Kier molecular flexibility index (Phi) is 4.55. The Morgan fingerprint density at radius 1 is 1.19 bits per heavy atom. The van der Waals surface area contributed by atoms with Gasteiger partial charge in [0, 0.05) is 4.47 Å². The van der Waals surface area contributed by atoms with E-state index in [9.17, 15) is 13.2 Å². The predicted molar refractivity (Wildman–Crippen MR) is 83.4 cm³/mol. The highest BCUT2D eigenvalue weighted by molar-refractivity contribution is 9.10. The molecule has 2 N–H and O–H groups in total. The van der Waals surface area contributed by atoms with Crippen molar-refractivity contribution in [2.75, 3.05) is 4.72 Å². The topological polar surface area (TPSA) is 83.5 Å². The third kappa shape index (κ3) is 3.55. The third-order valence-corrected chi connectivity index (χ3v) is 5.11. The smallest absolute Gasteiger partial charge is 0.335 e. The standard InChI is InChI=1S/C13H9BrClNO4S/c14-9-7-8(13(17)18)5-6-11(9)16-21(19,20)12-4-2-1-3-10(12)15/h1-7,16H,(H,17,18). The number of sulfonamides is 1. The van der Waals surface area contributed by atoms with Crippen molar-refractivity contribution in [1.82, 2.24) is 0 Å². The third-order valence-electron chi connectivity index (χ3n) is 2.59. The van der Waals surface area contributed by atoms with E-state index in [1.807, 2.05) is 0 Å². The van der Waals surface area contributed by atoms with Crippen LogP contribution in [-0.2, 0) is 10.0 Å². The summed E-state index contributed by atoms with van der Waals surface area (Å²) in [5.41, 5.74) is 0.266. The van der Waals surface area contributed by atoms with Gasteiger partial charge in [-0.25, -0.2) is 13.2 Å². The van der Waals surface area contributed by atoms with Crippen LogP contribution in [0.15, 0.2) is 51.8 Å². The molecule has 5 nitrogen and oxygen atoms in total. The highest BCUT2D eigenvalue weighted by Gasteiger charge is 2.19. The van der Waals surface area contributed by atoms with Gasteiger partial charge >= 0.3 is 5.97 Å². The summed E-state index contributed by atoms with van der Waals surface area (Å²) in [7, 11) is -3.86. The molecule has 0 aliphatic rings. The van der Waals surface area contributed by atoms with E-state index in [2.05, 4.69) is 20.7 Å². The van der Waals surface area contributed by atoms with Crippen LogP contribution in [0, 0.1) is 0 Å². The van der Waals surface area contributed by atoms with Gasteiger partial charge in [-0.1, -0.05) is 23.7 Å². The van der Waals surface area contributed by atoms with Crippen molar-refractivity contribution < 1.29 is 18.3 Å². The van der Waals surface area contributed by atoms with E-state index in [0.717, 1.165) is 0 Å². The number of carboxylic acid groups (broad SMARTS) is 1. The number of halogens is 2. The maximum Gasteiger partial charge on any atom is 0.335 e. The average molecular weight is 391 g/mol. The summed E-state index contributed by atoms with van der Waals surface area (Å²) in [5.74, 6) is -1.10. The highest BCUT2D eigenvalue weighted by atomic mass is 79.9. The molecule has 0 unspecified atom stereocenters. The van der Waals surface area contributed by atoms with Gasteiger partial charge in [-0.15, -0.1) is 0 Å². The largest absolute Gasteiger partial charge is 0.478 e. The minimum atomic E-state index is -3.86. The van der Waals surface area contributed by atoms with Gasteiger partial charge in [-0.2, -0.15) is 0 Å². The second-order valence-electron chi connectivity index (χ2n) is 4.04. The minimum Gasteiger partial charge on any atom is -0.478 e. The first kappa shape index (κ1) is 15.8. The van der Waals surface area contributed by atoms with Crippen LogP contribution in [0.2, 0.25) is 5.02 Å². The molecule has 0 atom stereocenters. The first-order valence-electron chi connectivity index (χ1n) is 5.61. The number of aromatic carboxylic acids is 1. The lowest BCUT2D eigenvalue weighted by atomic mass is 10.2. The summed E-state index contributed by atoms with van der Waals surface area (Å²) >= 11 is 9.01. The number of carboxylic acids is 1. The van der Waals surface area contributed by atoms with Gasteiger partial charge in [-0.05, 0) is 46.3 Å². The van der Waals surface area contributed by atoms with Gasteiger partial charge in [0.1, 0.15) is 4.90 Å². The fraction of sp³-hybridized carbons (Fsp3) is 0. The van der Waals surface area contributed by atoms with Crippen molar-refractivity contribution >= 4 is 49.2 Å². The quantitative estimate of drug-likeness (QED) is 0.835. The van der Waals surface area contributed by atoms with Crippen LogP contribution in [0.4, 0.5) is 5.69 Å². The summed E-state index contributed by atoms with van der Waals surface area (Å²) in [6.07, 6.45) is 0. The van der Waals surface area contributed by atoms with E-state index >= 15 is 0 Å². The van der Waals surface area contributed by atoms with E-state index in [1.165, 1.54) is 30.3 Å². The van der Waals surface area contributed by atoms with E-state index < -0.39 is 16.0 Å². The summed E-state index contributed by atoms with van der Waals surface area (Å²) in [6.45, 7) is 0. The van der Waals surface area contributed by atoms with Crippen LogP contribution in [0.1, 0.15) is 10.4 Å². The molecular weight excluding hydrogens is 382 g/mol. The van der Waals surface area contributed by atoms with Crippen LogP contribution >= 0.6 is 27.5 Å². The van der Waals surface area contributed by atoms with Gasteiger partial charge < -0.3 is 5.11 Å². The molecule has 0 saturated carbocycles. The number of benzene rings is 2. The molecule has 0 fully saturated rings. The van der Waals surface area contributed by atoms with Crippen molar-refractivity contribution in [2.24, 2.45) is 0 Å². The molecule has 2 aromatic rings. The molecule has 8 heteroatoms. The van der Waals surface area contributed by atoms with E-state index in [4.69, 9.17) is 16.7 Å². The minimum absolute atomic E-state index is 0.0440. The van der Waals surface area contributed by atoms with E-state index in [0.29, 0.717) is 4.47 Å². The SMILES string of the molecule is O=C(O)c1ccc(NS(=O)(=O)c2ccccc2Cl)c(Br)c1. The van der Waals surface area contributed by atoms with Crippen molar-refractivity contribution in [3.63, 3.8) is 0 Å². The van der Waals surface area contributed by atoms with Crippen molar-refractivity contribution in [3.8, 4) is 0 Å². The molecule has 0 amide bonds. The molecule has 0 aliphatic carbocycles. The van der Waals surface area contributed by atoms with E-state index in [-0.39, 0.29) is 21.2 Å². The van der Waals surface area contributed by atoms with Gasteiger partial charge in [0.25, 0.3) is 10.0 Å². The van der Waals surface area contributed by atoms with Crippen LogP contribution in [-0.4, -0.2) is 19.5 Å². The molecule has 0 saturated heterocycles. The molecule has 0 bridgehead atoms. The zero-order chi connectivity index (χ0) is 15.6. The molecular formula is C13H9BrClNO4S. The van der Waals surface area contributed by atoms with Crippen LogP contribution < -0.4 is 4.72 Å². The Labute approximate surface area is 134 Å². The normalized spacial score (nSPS) is 11.1. The fourth-order valence-electron chi connectivity index (χ4n) is 1.59. The molecule has 0 radical (unpaired) electrons. The molecule has 21 heavy (non-hydrogen) atoms. The number of hydrogen-bond acceptors (Lipinski definition) is 3. The summed E-state index contributed by atoms with van der Waals surface area (Å²) in [5, 5.41) is 8.97. The molecule has 110 valence electrons. The maximum atomic E-state index is 12.3. The lowest BCUT2D eigenvalue weighted by Crippen LogP contribution is -2.14. The van der Waals surface area contributed by atoms with Gasteiger partial charge in [0.2, 0.25) is 0 Å². The van der Waals surface area contributed by atoms with Crippen LogP contribution in [0.25, 0.3) is 0 Å². The molecule has 2 aromatic carbocycles. The van der Waals surface area contributed by atoms with Gasteiger partial charge in [-0.3, -0.25) is 4.72 Å². The lowest BCUT2D eigenvalue weighted by Gasteiger charge is -2.11. The Hall–Kier alpha value is -1.57. The van der Waals surface area contributed by atoms with Crippen molar-refractivity contribution in [2.45, 2.75) is 4.90 Å². The predicted octanol–water partition coefficient (Wildman–Crippen LogP) is 3.60. The first-order valence-corrected chi connectivity index (χ1v) is 8.27. The number of nitrogens with one attached hydrogen (secondary N) is 1. The summed E-state index contributed by atoms with van der Waals surface area (Å²) < 4.78 is 27.2. The number of rotatable bonds is 4. The summed E-state index contributed by atoms with van der Waals surface area (Å²) in [6, 6.07) is 10.0. The van der Waals surface area contributed by atoms with Crippen molar-refractivity contribution in [1.29, 1.82) is 0 Å². The highest BCUT2D eigenvalue weighted by Crippen LogP contribution is 2.28. The Morgan fingerprint density at radius 2 is 1.86 bits per heavy atom. The second kappa shape index (κ2) is 6.05. The Balaban J connectivity index is 2.38. The zero-order valence-electron chi connectivity index (χ0n) is 10.4. The van der Waals surface area contributed by atoms with Crippen molar-refractivity contribution in [3.05, 3.63) is 57.5 Å². The first-order chi connectivity index (χ1) is 9.81. The number of hydrogen-bond donors (Lipinski definition) is 2. The second-order valence-corrected chi connectivity index (χ2v) is 6.95. The molecule has 0 aromatic heterocycles. The molecule has 2 rings (SSSR count). The van der Waals surface area contributed by atoms with Crippen LogP contribution in [0.5, 0.6) is 0 Å². The van der Waals surface area contributed by atoms with Gasteiger partial charge in [0.15, 0.2) is 0 Å². The van der Waals surface area contributed by atoms with E-state index in [1.54, 1.807) is 12.1 Å². The maximum absolute atomic E-state index is 12.3. The monoisotopic (exact) mass is 389 g/mol. The lowest BCUT2D eigenvalue weighted by molar-refractivity contribution is 0.0697.